The Kier molecular flexibility index (Phi) is 2.75. The number of ketones is 2. The number of rotatable bonds is 0. The van der Waals surface area contributed by atoms with Crippen molar-refractivity contribution in [1.29, 1.82) is 0 Å². The van der Waals surface area contributed by atoms with Gasteiger partial charge in [0.25, 0.3) is 0 Å². The topological polar surface area (TPSA) is 49.4 Å². The molecular weight excluding hydrogens is 176 g/mol. The molecule has 5 heteroatoms. The number of thiocarbonyl (C=S) groups is 1. The van der Waals surface area contributed by atoms with Gasteiger partial charge in [-0.05, 0) is 12.2 Å². The molecule has 0 saturated carbocycles. The molecule has 1 aliphatic rings. The van der Waals surface area contributed by atoms with Crippen LogP contribution in [0.25, 0.3) is 0 Å². The van der Waals surface area contributed by atoms with Gasteiger partial charge in [0, 0.05) is 7.05 Å². The van der Waals surface area contributed by atoms with E-state index in [2.05, 4.69) is 5.32 Å². The first kappa shape index (κ1) is 9.12. The van der Waals surface area contributed by atoms with Gasteiger partial charge in [-0.1, -0.05) is 0 Å². The Morgan fingerprint density at radius 3 is 2.33 bits per heavy atom. The number of hydrogen-bond donors (Lipinski definition) is 1. The van der Waals surface area contributed by atoms with Crippen LogP contribution in [0.1, 0.15) is 6.42 Å². The van der Waals surface area contributed by atoms with Crippen molar-refractivity contribution in [3.05, 3.63) is 0 Å². The molecule has 1 N–H and O–H groups in total. The monoisotopic (exact) mass is 186 g/mol. The molecule has 0 amide bonds. The van der Waals surface area contributed by atoms with Crippen molar-refractivity contribution in [2.75, 3.05) is 20.1 Å². The molecule has 4 nitrogen and oxygen atoms in total. The quantitative estimate of drug-likeness (QED) is 0.402. The molecule has 0 aromatic carbocycles. The number of carbonyl (C=O) groups is 2. The second-order valence-corrected chi connectivity index (χ2v) is 3.05. The summed E-state index contributed by atoms with van der Waals surface area (Å²) in [5, 5.41) is 3.18. The Morgan fingerprint density at radius 2 is 1.92 bits per heavy atom. The zero-order valence-electron chi connectivity index (χ0n) is 6.79. The van der Waals surface area contributed by atoms with E-state index in [4.69, 9.17) is 12.2 Å². The minimum absolute atomic E-state index is 0.0584. The van der Waals surface area contributed by atoms with Crippen LogP contribution in [-0.4, -0.2) is 41.7 Å². The SMILES string of the molecule is CNC(=S)N1CC(=O)CC(=O)C1. The van der Waals surface area contributed by atoms with Gasteiger partial charge in [-0.15, -0.1) is 0 Å². The second kappa shape index (κ2) is 3.62. The zero-order valence-corrected chi connectivity index (χ0v) is 7.61. The lowest BCUT2D eigenvalue weighted by Gasteiger charge is -2.26. The number of Topliss-reactive ketones (excluding diaryl/α,β-unsaturated/α-hetero) is 2. The zero-order chi connectivity index (χ0) is 9.14. The molecule has 0 spiro atoms. The molecule has 0 atom stereocenters. The molecule has 1 aliphatic heterocycles. The highest BCUT2D eigenvalue weighted by Gasteiger charge is 2.23. The fourth-order valence-electron chi connectivity index (χ4n) is 1.12. The van der Waals surface area contributed by atoms with Crippen molar-refractivity contribution < 1.29 is 9.59 Å². The highest BCUT2D eigenvalue weighted by Crippen LogP contribution is 2.02. The summed E-state index contributed by atoms with van der Waals surface area (Å²) in [5.41, 5.74) is 0. The fraction of sp³-hybridized carbons (Fsp3) is 0.571. The van der Waals surface area contributed by atoms with Crippen LogP contribution in [0.5, 0.6) is 0 Å². The first-order valence-electron chi connectivity index (χ1n) is 3.63. The summed E-state index contributed by atoms with van der Waals surface area (Å²) in [6, 6.07) is 0. The predicted molar refractivity (Wildman–Crippen MR) is 47.9 cm³/mol. The molecule has 1 saturated heterocycles. The van der Waals surface area contributed by atoms with Gasteiger partial charge in [0.15, 0.2) is 16.7 Å². The average Bonchev–Trinajstić information content (AvgIpc) is 2.01. The number of nitrogens with one attached hydrogen (secondary N) is 1. The minimum atomic E-state index is -0.0659. The number of nitrogens with zero attached hydrogens (tertiary/aromatic N) is 1. The molecule has 0 aromatic heterocycles. The molecule has 0 bridgehead atoms. The normalized spacial score (nSPS) is 17.9. The van der Waals surface area contributed by atoms with E-state index >= 15 is 0 Å². The van der Waals surface area contributed by atoms with Crippen molar-refractivity contribution >= 4 is 28.9 Å². The smallest absolute Gasteiger partial charge is 0.169 e. The van der Waals surface area contributed by atoms with Gasteiger partial charge in [0.1, 0.15) is 0 Å². The maximum absolute atomic E-state index is 11.0. The Bertz CT molecular complexity index is 224. The molecular formula is C7H10N2O2S. The van der Waals surface area contributed by atoms with Gasteiger partial charge in [-0.2, -0.15) is 0 Å². The summed E-state index contributed by atoms with van der Waals surface area (Å²) in [6.45, 7) is 0.511. The molecule has 1 heterocycles. The summed E-state index contributed by atoms with van der Waals surface area (Å²) < 4.78 is 0. The van der Waals surface area contributed by atoms with E-state index in [9.17, 15) is 9.59 Å². The summed E-state index contributed by atoms with van der Waals surface area (Å²) in [5.74, 6) is -0.132. The van der Waals surface area contributed by atoms with E-state index in [0.717, 1.165) is 0 Å². The van der Waals surface area contributed by atoms with E-state index < -0.39 is 0 Å². The lowest BCUT2D eigenvalue weighted by molar-refractivity contribution is -0.130. The molecule has 0 aromatic rings. The highest BCUT2D eigenvalue weighted by atomic mass is 32.1. The first-order valence-corrected chi connectivity index (χ1v) is 4.04. The van der Waals surface area contributed by atoms with Gasteiger partial charge < -0.3 is 10.2 Å². The summed E-state index contributed by atoms with van der Waals surface area (Å²) in [4.78, 5) is 23.5. The van der Waals surface area contributed by atoms with E-state index in [1.54, 1.807) is 11.9 Å². The van der Waals surface area contributed by atoms with E-state index in [0.29, 0.717) is 5.11 Å². The van der Waals surface area contributed by atoms with Crippen LogP contribution in [0.3, 0.4) is 0 Å². The highest BCUT2D eigenvalue weighted by molar-refractivity contribution is 7.80. The number of hydrogen-bond acceptors (Lipinski definition) is 3. The van der Waals surface area contributed by atoms with E-state index in [1.807, 2.05) is 0 Å². The molecule has 0 radical (unpaired) electrons. The van der Waals surface area contributed by atoms with Crippen molar-refractivity contribution in [3.63, 3.8) is 0 Å². The predicted octanol–water partition coefficient (Wildman–Crippen LogP) is -0.665. The van der Waals surface area contributed by atoms with E-state index in [1.165, 1.54) is 0 Å². The fourth-order valence-corrected chi connectivity index (χ4v) is 1.24. The maximum Gasteiger partial charge on any atom is 0.169 e. The Labute approximate surface area is 75.9 Å². The average molecular weight is 186 g/mol. The third-order valence-electron chi connectivity index (χ3n) is 1.63. The lowest BCUT2D eigenvalue weighted by Crippen LogP contribution is -2.47. The van der Waals surface area contributed by atoms with Crippen molar-refractivity contribution in [3.8, 4) is 0 Å². The van der Waals surface area contributed by atoms with Crippen molar-refractivity contribution in [1.82, 2.24) is 10.2 Å². The number of likely N-dealkylation sites (tertiary alicyclic amines) is 1. The molecule has 1 fully saturated rings. The maximum atomic E-state index is 11.0. The van der Waals surface area contributed by atoms with Gasteiger partial charge in [0.2, 0.25) is 0 Å². The molecule has 0 aliphatic carbocycles. The van der Waals surface area contributed by atoms with Gasteiger partial charge in [-0.25, -0.2) is 0 Å². The molecule has 0 unspecified atom stereocenters. The molecule has 1 rings (SSSR count). The third-order valence-corrected chi connectivity index (χ3v) is 2.09. The first-order chi connectivity index (χ1) is 5.63. The summed E-state index contributed by atoms with van der Waals surface area (Å²) in [7, 11) is 1.67. The van der Waals surface area contributed by atoms with E-state index in [-0.39, 0.29) is 31.1 Å². The molecule has 66 valence electrons. The van der Waals surface area contributed by atoms with Crippen LogP contribution in [0, 0.1) is 0 Å². The number of piperidine rings is 1. The Hall–Kier alpha value is -0.970. The summed E-state index contributed by atoms with van der Waals surface area (Å²) in [6.07, 6.45) is 0.0584. The van der Waals surface area contributed by atoms with Crippen LogP contribution in [0.4, 0.5) is 0 Å². The Morgan fingerprint density at radius 1 is 1.42 bits per heavy atom. The van der Waals surface area contributed by atoms with Crippen LogP contribution < -0.4 is 5.32 Å². The third kappa shape index (κ3) is 2.01. The standard InChI is InChI=1S/C7H10N2O2S/c1-8-7(12)9-3-5(10)2-6(11)4-9/h2-4H2,1H3,(H,8,12). The van der Waals surface area contributed by atoms with Crippen LogP contribution in [0.2, 0.25) is 0 Å². The largest absolute Gasteiger partial charge is 0.366 e. The minimum Gasteiger partial charge on any atom is -0.366 e. The second-order valence-electron chi connectivity index (χ2n) is 2.67. The van der Waals surface area contributed by atoms with Crippen LogP contribution in [-0.2, 0) is 9.59 Å². The Balaban J connectivity index is 2.61. The van der Waals surface area contributed by atoms with Crippen LogP contribution >= 0.6 is 12.2 Å². The molecule has 12 heavy (non-hydrogen) atoms. The van der Waals surface area contributed by atoms with Gasteiger partial charge >= 0.3 is 0 Å². The summed E-state index contributed by atoms with van der Waals surface area (Å²) >= 11 is 4.89. The number of carbonyl (C=O) groups excluding carboxylic acids is 2. The van der Waals surface area contributed by atoms with Gasteiger partial charge in [-0.3, -0.25) is 9.59 Å². The van der Waals surface area contributed by atoms with Crippen LogP contribution in [0.15, 0.2) is 0 Å². The van der Waals surface area contributed by atoms with Gasteiger partial charge in [0.05, 0.1) is 19.5 Å². The van der Waals surface area contributed by atoms with Crippen molar-refractivity contribution in [2.45, 2.75) is 6.42 Å². The van der Waals surface area contributed by atoms with Crippen molar-refractivity contribution in [2.24, 2.45) is 0 Å². The lowest BCUT2D eigenvalue weighted by atomic mass is 10.1.